The predicted octanol–water partition coefficient (Wildman–Crippen LogP) is 3.55. The first-order chi connectivity index (χ1) is 12.3. The van der Waals surface area contributed by atoms with Crippen molar-refractivity contribution in [2.24, 2.45) is 0 Å². The third kappa shape index (κ3) is 3.55. The Hall–Kier alpha value is -1.91. The standard InChI is InChI=1S/C21H27N3O/c1-2-24-12-9-21(10-13-24)14-19(18-7-3-4-8-20(18)25-21)23-16-17-6-5-11-22-15-17/h3-8,11,15,19,23H,2,9-10,12-14,16H2,1H3. The van der Waals surface area contributed by atoms with Gasteiger partial charge in [0.15, 0.2) is 0 Å². The fourth-order valence-corrected chi connectivity index (χ4v) is 4.13. The second-order valence-electron chi connectivity index (χ2n) is 7.26. The van der Waals surface area contributed by atoms with E-state index in [9.17, 15) is 0 Å². The molecule has 4 rings (SSSR count). The van der Waals surface area contributed by atoms with E-state index < -0.39 is 0 Å². The number of aromatic nitrogens is 1. The number of piperidine rings is 1. The van der Waals surface area contributed by atoms with Crippen molar-refractivity contribution in [1.82, 2.24) is 15.2 Å². The number of likely N-dealkylation sites (tertiary alicyclic amines) is 1. The van der Waals surface area contributed by atoms with Crippen molar-refractivity contribution in [1.29, 1.82) is 0 Å². The molecule has 1 aromatic heterocycles. The van der Waals surface area contributed by atoms with Gasteiger partial charge in [0, 0.05) is 50.1 Å². The minimum atomic E-state index is -0.0212. The first-order valence-corrected chi connectivity index (χ1v) is 9.41. The minimum absolute atomic E-state index is 0.0212. The van der Waals surface area contributed by atoms with Crippen LogP contribution in [0.15, 0.2) is 48.8 Å². The van der Waals surface area contributed by atoms with Gasteiger partial charge in [-0.25, -0.2) is 0 Å². The molecule has 1 N–H and O–H groups in total. The fraction of sp³-hybridized carbons (Fsp3) is 0.476. The molecule has 1 saturated heterocycles. The van der Waals surface area contributed by atoms with E-state index in [1.54, 1.807) is 0 Å². The Kier molecular flexibility index (Phi) is 4.73. The van der Waals surface area contributed by atoms with E-state index in [-0.39, 0.29) is 5.60 Å². The van der Waals surface area contributed by atoms with Crippen LogP contribution in [0.4, 0.5) is 0 Å². The molecule has 1 atom stereocenters. The van der Waals surface area contributed by atoms with Gasteiger partial charge in [0.1, 0.15) is 11.4 Å². The molecule has 2 aliphatic heterocycles. The van der Waals surface area contributed by atoms with Crippen molar-refractivity contribution >= 4 is 0 Å². The number of para-hydroxylation sites is 1. The summed E-state index contributed by atoms with van der Waals surface area (Å²) in [6.07, 6.45) is 7.03. The van der Waals surface area contributed by atoms with E-state index in [1.807, 2.05) is 18.5 Å². The highest BCUT2D eigenvalue weighted by molar-refractivity contribution is 5.39. The van der Waals surface area contributed by atoms with Crippen molar-refractivity contribution in [2.75, 3.05) is 19.6 Å². The zero-order valence-electron chi connectivity index (χ0n) is 14.9. The topological polar surface area (TPSA) is 37.4 Å². The largest absolute Gasteiger partial charge is 0.487 e. The van der Waals surface area contributed by atoms with Crippen LogP contribution in [-0.4, -0.2) is 35.1 Å². The Labute approximate surface area is 150 Å². The summed E-state index contributed by atoms with van der Waals surface area (Å²) in [5.74, 6) is 1.06. The molecule has 1 unspecified atom stereocenters. The van der Waals surface area contributed by atoms with Gasteiger partial charge in [-0.2, -0.15) is 0 Å². The monoisotopic (exact) mass is 337 g/mol. The fourth-order valence-electron chi connectivity index (χ4n) is 4.13. The van der Waals surface area contributed by atoms with Crippen molar-refractivity contribution in [3.05, 3.63) is 59.9 Å². The molecule has 4 heteroatoms. The van der Waals surface area contributed by atoms with Crippen LogP contribution in [0.2, 0.25) is 0 Å². The Balaban J connectivity index is 1.53. The summed E-state index contributed by atoms with van der Waals surface area (Å²) in [6.45, 7) is 6.48. The molecule has 0 bridgehead atoms. The molecule has 0 amide bonds. The summed E-state index contributed by atoms with van der Waals surface area (Å²) in [7, 11) is 0. The summed E-state index contributed by atoms with van der Waals surface area (Å²) in [4.78, 5) is 6.74. The number of rotatable bonds is 4. The average Bonchev–Trinajstić information content (AvgIpc) is 2.67. The van der Waals surface area contributed by atoms with E-state index in [0.717, 1.165) is 51.2 Å². The third-order valence-corrected chi connectivity index (χ3v) is 5.69. The lowest BCUT2D eigenvalue weighted by molar-refractivity contribution is -0.0244. The van der Waals surface area contributed by atoms with E-state index in [1.165, 1.54) is 11.1 Å². The van der Waals surface area contributed by atoms with Crippen LogP contribution >= 0.6 is 0 Å². The van der Waals surface area contributed by atoms with Crippen LogP contribution < -0.4 is 10.1 Å². The molecule has 1 aromatic carbocycles. The SMILES string of the molecule is CCN1CCC2(CC1)CC(NCc1cccnc1)c1ccccc1O2. The number of pyridine rings is 1. The Morgan fingerprint density at radius 1 is 1.20 bits per heavy atom. The normalized spacial score (nSPS) is 22.4. The number of hydrogen-bond acceptors (Lipinski definition) is 4. The molecular formula is C21H27N3O. The summed E-state index contributed by atoms with van der Waals surface area (Å²) < 4.78 is 6.56. The molecule has 0 aliphatic carbocycles. The molecular weight excluding hydrogens is 310 g/mol. The molecule has 0 saturated carbocycles. The van der Waals surface area contributed by atoms with Crippen molar-refractivity contribution in [3.8, 4) is 5.75 Å². The summed E-state index contributed by atoms with van der Waals surface area (Å²) in [5.41, 5.74) is 2.49. The van der Waals surface area contributed by atoms with Gasteiger partial charge >= 0.3 is 0 Å². The number of fused-ring (bicyclic) bond motifs is 1. The van der Waals surface area contributed by atoms with Crippen LogP contribution in [0.25, 0.3) is 0 Å². The predicted molar refractivity (Wildman–Crippen MR) is 99.6 cm³/mol. The Bertz CT molecular complexity index is 695. The van der Waals surface area contributed by atoms with Crippen molar-refractivity contribution in [2.45, 2.75) is 44.4 Å². The van der Waals surface area contributed by atoms with Crippen molar-refractivity contribution < 1.29 is 4.74 Å². The Morgan fingerprint density at radius 2 is 2.04 bits per heavy atom. The molecule has 132 valence electrons. The average molecular weight is 337 g/mol. The zero-order valence-corrected chi connectivity index (χ0v) is 14.9. The van der Waals surface area contributed by atoms with Crippen LogP contribution in [-0.2, 0) is 6.54 Å². The Morgan fingerprint density at radius 3 is 2.80 bits per heavy atom. The summed E-state index contributed by atoms with van der Waals surface area (Å²) in [6, 6.07) is 13.0. The van der Waals surface area contributed by atoms with E-state index >= 15 is 0 Å². The lowest BCUT2D eigenvalue weighted by Gasteiger charge is -2.47. The highest BCUT2D eigenvalue weighted by Gasteiger charge is 2.42. The number of ether oxygens (including phenoxy) is 1. The van der Waals surface area contributed by atoms with E-state index in [4.69, 9.17) is 4.74 Å². The first-order valence-electron chi connectivity index (χ1n) is 9.41. The molecule has 25 heavy (non-hydrogen) atoms. The van der Waals surface area contributed by atoms with Gasteiger partial charge in [0.2, 0.25) is 0 Å². The van der Waals surface area contributed by atoms with Crippen molar-refractivity contribution in [3.63, 3.8) is 0 Å². The smallest absolute Gasteiger partial charge is 0.124 e. The van der Waals surface area contributed by atoms with Gasteiger partial charge in [0.25, 0.3) is 0 Å². The van der Waals surface area contributed by atoms with Gasteiger partial charge in [-0.05, 0) is 37.1 Å². The highest BCUT2D eigenvalue weighted by atomic mass is 16.5. The number of nitrogens with zero attached hydrogens (tertiary/aromatic N) is 2. The minimum Gasteiger partial charge on any atom is -0.487 e. The summed E-state index contributed by atoms with van der Waals surface area (Å²) >= 11 is 0. The van der Waals surface area contributed by atoms with E-state index in [0.29, 0.717) is 6.04 Å². The van der Waals surface area contributed by atoms with Crippen LogP contribution in [0, 0.1) is 0 Å². The first kappa shape index (κ1) is 16.6. The lowest BCUT2D eigenvalue weighted by atomic mass is 9.80. The maximum absolute atomic E-state index is 6.56. The number of hydrogen-bond donors (Lipinski definition) is 1. The van der Waals surface area contributed by atoms with Crippen LogP contribution in [0.5, 0.6) is 5.75 Å². The molecule has 0 radical (unpaired) electrons. The van der Waals surface area contributed by atoms with Gasteiger partial charge in [-0.1, -0.05) is 31.2 Å². The maximum atomic E-state index is 6.56. The van der Waals surface area contributed by atoms with Gasteiger partial charge in [-0.15, -0.1) is 0 Å². The molecule has 4 nitrogen and oxygen atoms in total. The quantitative estimate of drug-likeness (QED) is 0.926. The van der Waals surface area contributed by atoms with Crippen LogP contribution in [0.3, 0.4) is 0 Å². The van der Waals surface area contributed by atoms with Crippen LogP contribution in [0.1, 0.15) is 43.4 Å². The summed E-state index contributed by atoms with van der Waals surface area (Å²) in [5, 5.41) is 3.76. The third-order valence-electron chi connectivity index (χ3n) is 5.69. The lowest BCUT2D eigenvalue weighted by Crippen LogP contribution is -2.51. The molecule has 1 fully saturated rings. The second kappa shape index (κ2) is 7.14. The molecule has 1 spiro atoms. The molecule has 2 aliphatic rings. The van der Waals surface area contributed by atoms with Gasteiger partial charge < -0.3 is 15.0 Å². The van der Waals surface area contributed by atoms with E-state index in [2.05, 4.69) is 52.5 Å². The second-order valence-corrected chi connectivity index (χ2v) is 7.26. The number of nitrogens with one attached hydrogen (secondary N) is 1. The maximum Gasteiger partial charge on any atom is 0.124 e. The van der Waals surface area contributed by atoms with Gasteiger partial charge in [0.05, 0.1) is 0 Å². The highest BCUT2D eigenvalue weighted by Crippen LogP contribution is 2.44. The molecule has 3 heterocycles. The number of benzene rings is 1. The molecule has 2 aromatic rings. The van der Waals surface area contributed by atoms with Gasteiger partial charge in [-0.3, -0.25) is 4.98 Å². The zero-order chi connectivity index (χ0) is 17.1.